The number of ether oxygens (including phenoxy) is 2. The van der Waals surface area contributed by atoms with E-state index in [0.717, 1.165) is 5.56 Å². The SMILES string of the molecule is CCOC(=O)[C@@H](NC(=O)OC(C)(C)C)[C@H](NS(=O)(=O)c1ccc(C)cc1)C(C)(C)Cl. The number of carbonyl (C=O) groups excluding carboxylic acids is 2. The maximum Gasteiger partial charge on any atom is 0.408 e. The van der Waals surface area contributed by atoms with Gasteiger partial charge in [-0.15, -0.1) is 11.6 Å². The summed E-state index contributed by atoms with van der Waals surface area (Å²) in [4.78, 5) is 23.7. The summed E-state index contributed by atoms with van der Waals surface area (Å²) in [5.41, 5.74) is 0.0654. The van der Waals surface area contributed by atoms with Gasteiger partial charge in [-0.3, -0.25) is 0 Å². The fraction of sp³-hybridized carbons (Fsp3) is 0.600. The summed E-state index contributed by atoms with van der Waals surface area (Å²) < 4.78 is 38.6. The summed E-state index contributed by atoms with van der Waals surface area (Å²) in [5.74, 6) is -0.839. The van der Waals surface area contributed by atoms with E-state index < -0.39 is 44.6 Å². The van der Waals surface area contributed by atoms with Crippen molar-refractivity contribution in [3.05, 3.63) is 29.8 Å². The van der Waals surface area contributed by atoms with Crippen LogP contribution in [0.5, 0.6) is 0 Å². The molecule has 0 radical (unpaired) electrons. The molecule has 2 atom stereocenters. The smallest absolute Gasteiger partial charge is 0.408 e. The number of sulfonamides is 1. The van der Waals surface area contributed by atoms with Gasteiger partial charge in [0.1, 0.15) is 11.6 Å². The first kappa shape index (κ1) is 26.2. The van der Waals surface area contributed by atoms with Gasteiger partial charge in [-0.2, -0.15) is 0 Å². The Morgan fingerprint density at radius 3 is 2.07 bits per heavy atom. The number of hydrogen-bond acceptors (Lipinski definition) is 6. The second-order valence-corrected chi connectivity index (χ2v) is 11.0. The maximum absolute atomic E-state index is 12.9. The third-order valence-electron chi connectivity index (χ3n) is 3.90. The number of amides is 1. The molecule has 1 aromatic carbocycles. The average Bonchev–Trinajstić information content (AvgIpc) is 2.56. The standard InChI is InChI=1S/C20H31ClN2O6S/c1-8-28-17(24)15(22-18(25)29-19(3,4)5)16(20(6,7)21)23-30(26,27)14-11-9-13(2)10-12-14/h9-12,15-16,23H,8H2,1-7H3,(H,22,25)/t15-,16-/m0/s1. The molecule has 0 aromatic heterocycles. The first-order chi connectivity index (χ1) is 13.6. The Morgan fingerprint density at radius 2 is 1.63 bits per heavy atom. The van der Waals surface area contributed by atoms with Gasteiger partial charge in [0.2, 0.25) is 10.0 Å². The van der Waals surface area contributed by atoms with Gasteiger partial charge < -0.3 is 14.8 Å². The molecule has 0 bridgehead atoms. The fourth-order valence-corrected chi connectivity index (χ4v) is 4.14. The van der Waals surface area contributed by atoms with Crippen molar-refractivity contribution in [2.24, 2.45) is 0 Å². The summed E-state index contributed by atoms with van der Waals surface area (Å²) in [5, 5.41) is 2.40. The number of nitrogens with one attached hydrogen (secondary N) is 2. The molecule has 0 heterocycles. The molecule has 2 N–H and O–H groups in total. The van der Waals surface area contributed by atoms with E-state index in [4.69, 9.17) is 21.1 Å². The highest BCUT2D eigenvalue weighted by Crippen LogP contribution is 2.24. The van der Waals surface area contributed by atoms with Crippen molar-refractivity contribution in [1.29, 1.82) is 0 Å². The Hall–Kier alpha value is -1.84. The van der Waals surface area contributed by atoms with Gasteiger partial charge in [-0.25, -0.2) is 22.7 Å². The monoisotopic (exact) mass is 462 g/mol. The number of aryl methyl sites for hydroxylation is 1. The number of halogens is 1. The van der Waals surface area contributed by atoms with Crippen LogP contribution in [0.15, 0.2) is 29.2 Å². The molecule has 0 saturated heterocycles. The van der Waals surface area contributed by atoms with Crippen LogP contribution in [0.25, 0.3) is 0 Å². The predicted molar refractivity (Wildman–Crippen MR) is 115 cm³/mol. The van der Waals surface area contributed by atoms with Crippen LogP contribution in [0.1, 0.15) is 47.1 Å². The molecule has 8 nitrogen and oxygen atoms in total. The number of benzene rings is 1. The molecule has 0 unspecified atom stereocenters. The van der Waals surface area contributed by atoms with Crippen LogP contribution >= 0.6 is 11.6 Å². The van der Waals surface area contributed by atoms with Crippen LogP contribution in [0.2, 0.25) is 0 Å². The minimum Gasteiger partial charge on any atom is -0.464 e. The Balaban J connectivity index is 3.31. The van der Waals surface area contributed by atoms with Crippen LogP contribution in [-0.4, -0.2) is 49.6 Å². The first-order valence-corrected chi connectivity index (χ1v) is 11.4. The quantitative estimate of drug-likeness (QED) is 0.453. The van der Waals surface area contributed by atoms with Gasteiger partial charge in [0.25, 0.3) is 0 Å². The second kappa shape index (κ2) is 9.98. The van der Waals surface area contributed by atoms with Crippen LogP contribution < -0.4 is 10.0 Å². The molecule has 1 rings (SSSR count). The highest BCUT2D eigenvalue weighted by molar-refractivity contribution is 7.89. The minimum atomic E-state index is -4.06. The van der Waals surface area contributed by atoms with E-state index in [1.165, 1.54) is 26.0 Å². The molecule has 30 heavy (non-hydrogen) atoms. The Bertz CT molecular complexity index is 842. The molecular weight excluding hydrogens is 432 g/mol. The van der Waals surface area contributed by atoms with E-state index in [-0.39, 0.29) is 11.5 Å². The van der Waals surface area contributed by atoms with Gasteiger partial charge in [0.15, 0.2) is 0 Å². The molecule has 0 aliphatic carbocycles. The van der Waals surface area contributed by atoms with Crippen molar-refractivity contribution in [2.75, 3.05) is 6.61 Å². The summed E-state index contributed by atoms with van der Waals surface area (Å²) in [7, 11) is -4.06. The number of alkyl carbamates (subject to hydrolysis) is 1. The Morgan fingerprint density at radius 1 is 1.10 bits per heavy atom. The lowest BCUT2D eigenvalue weighted by atomic mass is 9.96. The normalized spacial score (nSPS) is 14.5. The van der Waals surface area contributed by atoms with E-state index in [9.17, 15) is 18.0 Å². The number of rotatable bonds is 8. The van der Waals surface area contributed by atoms with Gasteiger partial charge >= 0.3 is 12.1 Å². The Kier molecular flexibility index (Phi) is 8.71. The first-order valence-electron chi connectivity index (χ1n) is 9.51. The highest BCUT2D eigenvalue weighted by atomic mass is 35.5. The third-order valence-corrected chi connectivity index (χ3v) is 5.59. The lowest BCUT2D eigenvalue weighted by molar-refractivity contribution is -0.146. The van der Waals surface area contributed by atoms with Crippen molar-refractivity contribution in [3.63, 3.8) is 0 Å². The van der Waals surface area contributed by atoms with Crippen molar-refractivity contribution in [3.8, 4) is 0 Å². The summed E-state index contributed by atoms with van der Waals surface area (Å²) in [6, 6.07) is 3.52. The lowest BCUT2D eigenvalue weighted by Gasteiger charge is -2.35. The molecule has 170 valence electrons. The van der Waals surface area contributed by atoms with Crippen molar-refractivity contribution in [1.82, 2.24) is 10.0 Å². The molecule has 0 saturated carbocycles. The molecule has 0 aliphatic rings. The van der Waals surface area contributed by atoms with Crippen LogP contribution in [0.3, 0.4) is 0 Å². The third kappa shape index (κ3) is 8.12. The van der Waals surface area contributed by atoms with E-state index in [2.05, 4.69) is 10.0 Å². The largest absolute Gasteiger partial charge is 0.464 e. The minimum absolute atomic E-state index is 0.00102. The fourth-order valence-electron chi connectivity index (χ4n) is 2.50. The number of esters is 1. The molecule has 0 fully saturated rings. The maximum atomic E-state index is 12.9. The van der Waals surface area contributed by atoms with E-state index in [1.54, 1.807) is 39.8 Å². The van der Waals surface area contributed by atoms with E-state index in [1.807, 2.05) is 6.92 Å². The molecule has 1 aromatic rings. The summed E-state index contributed by atoms with van der Waals surface area (Å²) >= 11 is 6.45. The lowest BCUT2D eigenvalue weighted by Crippen LogP contribution is -2.62. The van der Waals surface area contributed by atoms with Crippen LogP contribution in [-0.2, 0) is 24.3 Å². The van der Waals surface area contributed by atoms with Crippen molar-refractivity contribution >= 4 is 33.7 Å². The zero-order valence-corrected chi connectivity index (χ0v) is 20.0. The zero-order valence-electron chi connectivity index (χ0n) is 18.4. The van der Waals surface area contributed by atoms with E-state index in [0.29, 0.717) is 0 Å². The molecule has 0 spiro atoms. The highest BCUT2D eigenvalue weighted by Gasteiger charge is 2.43. The molecule has 0 aliphatic heterocycles. The summed E-state index contributed by atoms with van der Waals surface area (Å²) in [6.07, 6.45) is -0.902. The predicted octanol–water partition coefficient (Wildman–Crippen LogP) is 3.12. The summed E-state index contributed by atoms with van der Waals surface area (Å²) in [6.45, 7) is 11.5. The van der Waals surface area contributed by atoms with Gasteiger partial charge in [-0.05, 0) is 60.6 Å². The average molecular weight is 463 g/mol. The number of carbonyl (C=O) groups is 2. The zero-order chi connectivity index (χ0) is 23.3. The molecule has 10 heteroatoms. The van der Waals surface area contributed by atoms with Crippen LogP contribution in [0, 0.1) is 6.92 Å². The molecular formula is C20H31ClN2O6S. The van der Waals surface area contributed by atoms with Gasteiger partial charge in [0.05, 0.1) is 22.4 Å². The van der Waals surface area contributed by atoms with Crippen LogP contribution in [0.4, 0.5) is 4.79 Å². The molecule has 1 amide bonds. The van der Waals surface area contributed by atoms with Crippen molar-refractivity contribution in [2.45, 2.75) is 75.9 Å². The Labute approximate surface area is 183 Å². The van der Waals surface area contributed by atoms with Crippen molar-refractivity contribution < 1.29 is 27.5 Å². The van der Waals surface area contributed by atoms with E-state index >= 15 is 0 Å². The second-order valence-electron chi connectivity index (χ2n) is 8.35. The van der Waals surface area contributed by atoms with Gasteiger partial charge in [-0.1, -0.05) is 17.7 Å². The number of alkyl halides is 1. The topological polar surface area (TPSA) is 111 Å². The number of hydrogen-bond donors (Lipinski definition) is 2. The van der Waals surface area contributed by atoms with Gasteiger partial charge in [0, 0.05) is 0 Å².